The summed E-state index contributed by atoms with van der Waals surface area (Å²) in [4.78, 5) is 36.8. The van der Waals surface area contributed by atoms with Crippen LogP contribution in [0.15, 0.2) is 72.9 Å². The molecule has 0 rings (SSSR count). The molecule has 8 heteroatoms. The number of unbranched alkanes of at least 4 members (excludes halogenated alkanes) is 13. The van der Waals surface area contributed by atoms with Crippen LogP contribution in [0, 0.1) is 0 Å². The van der Waals surface area contributed by atoms with Gasteiger partial charge >= 0.3 is 11.9 Å². The third-order valence-electron chi connectivity index (χ3n) is 9.15. The van der Waals surface area contributed by atoms with Crippen LogP contribution in [0.1, 0.15) is 155 Å². The lowest BCUT2D eigenvalue weighted by molar-refractivity contribution is -0.889. The van der Waals surface area contributed by atoms with Gasteiger partial charge in [-0.3, -0.25) is 9.59 Å². The molecule has 0 saturated heterocycles. The molecule has 2 atom stereocenters. The number of carboxylic acids is 1. The van der Waals surface area contributed by atoms with Crippen LogP contribution < -0.4 is 5.11 Å². The molecular formula is C47H79NO7. The number of nitrogens with zero attached hydrogens (tertiary/aromatic N) is 1. The lowest BCUT2D eigenvalue weighted by Crippen LogP contribution is -2.55. The Morgan fingerprint density at radius 2 is 1.05 bits per heavy atom. The second-order valence-corrected chi connectivity index (χ2v) is 15.2. The highest BCUT2D eigenvalue weighted by Crippen LogP contribution is 2.13. The number of carbonyl (C=O) groups is 3. The molecule has 0 aromatic heterocycles. The molecule has 0 aliphatic rings. The zero-order valence-electron chi connectivity index (χ0n) is 35.6. The maximum absolute atomic E-state index is 12.7. The number of ether oxygens (including phenoxy) is 3. The average Bonchev–Trinajstić information content (AvgIpc) is 3.14. The van der Waals surface area contributed by atoms with Crippen LogP contribution in [-0.4, -0.2) is 75.5 Å². The van der Waals surface area contributed by atoms with Crippen molar-refractivity contribution in [3.63, 3.8) is 0 Å². The van der Waals surface area contributed by atoms with E-state index in [-0.39, 0.29) is 42.7 Å². The smallest absolute Gasteiger partial charge is 0.306 e. The Hall–Kier alpha value is -3.23. The molecule has 0 spiro atoms. The Kier molecular flexibility index (Phi) is 35.5. The van der Waals surface area contributed by atoms with Crippen molar-refractivity contribution in [1.29, 1.82) is 0 Å². The highest BCUT2D eigenvalue weighted by molar-refractivity contribution is 5.70. The topological polar surface area (TPSA) is 102 Å². The number of carboxylic acid groups (broad SMARTS) is 1. The van der Waals surface area contributed by atoms with Gasteiger partial charge in [0, 0.05) is 19.3 Å². The molecule has 0 radical (unpaired) electrons. The lowest BCUT2D eigenvalue weighted by Gasteiger charge is -2.34. The van der Waals surface area contributed by atoms with Crippen LogP contribution in [-0.2, 0) is 28.6 Å². The van der Waals surface area contributed by atoms with Gasteiger partial charge in [-0.25, -0.2) is 0 Å². The first-order valence-corrected chi connectivity index (χ1v) is 21.5. The lowest BCUT2D eigenvalue weighted by atomic mass is 10.1. The second-order valence-electron chi connectivity index (χ2n) is 15.2. The van der Waals surface area contributed by atoms with Crippen molar-refractivity contribution in [2.45, 2.75) is 167 Å². The summed E-state index contributed by atoms with van der Waals surface area (Å²) >= 11 is 0. The van der Waals surface area contributed by atoms with Gasteiger partial charge in [0.1, 0.15) is 12.6 Å². The number of rotatable bonds is 37. The van der Waals surface area contributed by atoms with E-state index in [1.54, 1.807) is 21.1 Å². The zero-order chi connectivity index (χ0) is 40.7. The van der Waals surface area contributed by atoms with E-state index in [9.17, 15) is 19.5 Å². The molecule has 0 bridgehead atoms. The number of hydrogen-bond acceptors (Lipinski definition) is 7. The predicted molar refractivity (Wildman–Crippen MR) is 226 cm³/mol. The Morgan fingerprint density at radius 3 is 1.62 bits per heavy atom. The SMILES string of the molecule is CC/C=C/C=C/C=C/CCCCCCCCCC(=O)OCC(COCCC(C(=O)[O-])[N+](C)(C)C)OC(=O)CCCCCCCC/C=C/C/C=C/C/C=C/CC. The van der Waals surface area contributed by atoms with Crippen LogP contribution >= 0.6 is 0 Å². The van der Waals surface area contributed by atoms with Crippen molar-refractivity contribution in [3.8, 4) is 0 Å². The number of carbonyl (C=O) groups excluding carboxylic acids is 3. The summed E-state index contributed by atoms with van der Waals surface area (Å²) in [5.41, 5.74) is 0. The largest absolute Gasteiger partial charge is 0.544 e. The van der Waals surface area contributed by atoms with Gasteiger partial charge in [-0.1, -0.05) is 145 Å². The molecule has 0 aromatic rings. The molecule has 0 fully saturated rings. The summed E-state index contributed by atoms with van der Waals surface area (Å²) in [5, 5.41) is 11.6. The predicted octanol–water partition coefficient (Wildman–Crippen LogP) is 10.2. The van der Waals surface area contributed by atoms with E-state index in [2.05, 4.69) is 86.8 Å². The van der Waals surface area contributed by atoms with Crippen molar-refractivity contribution >= 4 is 17.9 Å². The fourth-order valence-corrected chi connectivity index (χ4v) is 5.85. The first-order chi connectivity index (χ1) is 26.6. The minimum absolute atomic E-state index is 0.0275. The van der Waals surface area contributed by atoms with E-state index in [1.165, 1.54) is 32.1 Å². The van der Waals surface area contributed by atoms with Gasteiger partial charge in [-0.2, -0.15) is 0 Å². The van der Waals surface area contributed by atoms with Gasteiger partial charge in [0.2, 0.25) is 0 Å². The van der Waals surface area contributed by atoms with Crippen LogP contribution in [0.2, 0.25) is 0 Å². The molecule has 8 nitrogen and oxygen atoms in total. The number of aliphatic carboxylic acids is 1. The molecular weight excluding hydrogens is 691 g/mol. The van der Waals surface area contributed by atoms with E-state index >= 15 is 0 Å². The van der Waals surface area contributed by atoms with Gasteiger partial charge in [-0.15, -0.1) is 0 Å². The van der Waals surface area contributed by atoms with Crippen LogP contribution in [0.5, 0.6) is 0 Å². The third-order valence-corrected chi connectivity index (χ3v) is 9.15. The molecule has 2 unspecified atom stereocenters. The van der Waals surface area contributed by atoms with Gasteiger partial charge in [0.05, 0.1) is 40.3 Å². The van der Waals surface area contributed by atoms with Crippen molar-refractivity contribution in [3.05, 3.63) is 72.9 Å². The Labute approximate surface area is 336 Å². The second kappa shape index (κ2) is 37.7. The monoisotopic (exact) mass is 770 g/mol. The third kappa shape index (κ3) is 36.2. The van der Waals surface area contributed by atoms with Gasteiger partial charge in [-0.05, 0) is 64.2 Å². The van der Waals surface area contributed by atoms with E-state index in [0.29, 0.717) is 12.8 Å². The zero-order valence-corrected chi connectivity index (χ0v) is 35.6. The van der Waals surface area contributed by atoms with Gasteiger partial charge in [0.15, 0.2) is 6.10 Å². The van der Waals surface area contributed by atoms with E-state index in [1.807, 2.05) is 0 Å². The molecule has 0 aliphatic carbocycles. The van der Waals surface area contributed by atoms with Crippen molar-refractivity contribution in [2.24, 2.45) is 0 Å². The van der Waals surface area contributed by atoms with E-state index < -0.39 is 18.1 Å². The minimum atomic E-state index is -1.13. The number of esters is 2. The Balaban J connectivity index is 4.41. The van der Waals surface area contributed by atoms with Crippen LogP contribution in [0.25, 0.3) is 0 Å². The molecule has 0 N–H and O–H groups in total. The fraction of sp³-hybridized carbons (Fsp3) is 0.681. The quantitative estimate of drug-likeness (QED) is 0.0204. The standard InChI is InChI=1S/C47H79NO7/c1-6-8-10-12-14-16-18-20-22-24-26-28-30-32-34-36-38-46(50)55-43(41-53-40-39-44(47(51)52)48(3,4)5)42-54-45(49)37-35-33-31-29-27-25-23-21-19-17-15-13-11-9-7-2/h8-11,13-17,19-20,22,43-44H,6-7,12,18,21,23-42H2,1-5H3/b10-8+,11-9+,15-13+,16-14+,19-17+,22-20+. The average molecular weight is 770 g/mol. The van der Waals surface area contributed by atoms with Crippen molar-refractivity contribution < 1.29 is 38.2 Å². The van der Waals surface area contributed by atoms with Crippen LogP contribution in [0.4, 0.5) is 0 Å². The van der Waals surface area contributed by atoms with E-state index in [0.717, 1.165) is 89.9 Å². The number of hydrogen-bond donors (Lipinski definition) is 0. The Bertz CT molecular complexity index is 1130. The van der Waals surface area contributed by atoms with Crippen molar-refractivity contribution in [1.82, 2.24) is 0 Å². The van der Waals surface area contributed by atoms with Crippen LogP contribution in [0.3, 0.4) is 0 Å². The fourth-order valence-electron chi connectivity index (χ4n) is 5.85. The maximum Gasteiger partial charge on any atom is 0.306 e. The van der Waals surface area contributed by atoms with Crippen molar-refractivity contribution in [2.75, 3.05) is 41.0 Å². The first kappa shape index (κ1) is 51.8. The summed E-state index contributed by atoms with van der Waals surface area (Å²) in [5.74, 6) is -1.78. The van der Waals surface area contributed by atoms with E-state index in [4.69, 9.17) is 14.2 Å². The molecule has 0 aromatic carbocycles. The first-order valence-electron chi connectivity index (χ1n) is 21.5. The highest BCUT2D eigenvalue weighted by atomic mass is 16.6. The highest BCUT2D eigenvalue weighted by Gasteiger charge is 2.25. The summed E-state index contributed by atoms with van der Waals surface area (Å²) in [6.07, 6.45) is 46.3. The molecule has 0 aliphatic heterocycles. The normalized spacial score (nSPS) is 13.7. The Morgan fingerprint density at radius 1 is 0.564 bits per heavy atom. The minimum Gasteiger partial charge on any atom is -0.544 e. The number of allylic oxidation sites excluding steroid dienone is 12. The molecule has 314 valence electrons. The summed E-state index contributed by atoms with van der Waals surface area (Å²) in [6, 6.07) is -0.733. The van der Waals surface area contributed by atoms with Gasteiger partial charge in [0.25, 0.3) is 0 Å². The number of likely N-dealkylation sites (N-methyl/N-ethyl adjacent to an activating group) is 1. The van der Waals surface area contributed by atoms with Gasteiger partial charge < -0.3 is 28.6 Å². The summed E-state index contributed by atoms with van der Waals surface area (Å²) < 4.78 is 17.1. The maximum atomic E-state index is 12.7. The number of quaternary nitrogens is 1. The molecule has 0 saturated carbocycles. The molecule has 0 amide bonds. The molecule has 0 heterocycles. The molecule has 55 heavy (non-hydrogen) atoms. The summed E-state index contributed by atoms with van der Waals surface area (Å²) in [7, 11) is 5.39. The summed E-state index contributed by atoms with van der Waals surface area (Å²) in [6.45, 7) is 4.38.